The van der Waals surface area contributed by atoms with Crippen LogP contribution in [0.25, 0.3) is 22.1 Å². The number of aromatic hydroxyl groups is 1. The number of carbonyl (C=O) groups is 1. The molecule has 33 heavy (non-hydrogen) atoms. The Bertz CT molecular complexity index is 1230. The van der Waals surface area contributed by atoms with Gasteiger partial charge in [0.2, 0.25) is 5.43 Å². The van der Waals surface area contributed by atoms with Crippen LogP contribution in [0.2, 0.25) is 0 Å². The van der Waals surface area contributed by atoms with E-state index >= 15 is 0 Å². The van der Waals surface area contributed by atoms with Crippen molar-refractivity contribution < 1.29 is 44.2 Å². The SMILES string of the molecule is CC(=O)Oc1ccc2c(=O)c(-c3ccc(O)cc3)coc2c1[C@@H]1O[C@H](CO)[C@@H](O)[C@H](O)[C@H]1O. The van der Waals surface area contributed by atoms with Crippen molar-refractivity contribution in [2.24, 2.45) is 0 Å². The molecule has 10 nitrogen and oxygen atoms in total. The van der Waals surface area contributed by atoms with E-state index in [-0.39, 0.29) is 33.6 Å². The average Bonchev–Trinajstić information content (AvgIpc) is 2.79. The Balaban J connectivity index is 1.92. The molecule has 1 aromatic heterocycles. The van der Waals surface area contributed by atoms with Crippen LogP contribution in [0.3, 0.4) is 0 Å². The summed E-state index contributed by atoms with van der Waals surface area (Å²) in [6.07, 6.45) is -6.42. The van der Waals surface area contributed by atoms with E-state index in [1.54, 1.807) is 12.1 Å². The zero-order valence-corrected chi connectivity index (χ0v) is 17.4. The number of ether oxygens (including phenoxy) is 2. The molecule has 4 rings (SSSR count). The molecule has 5 atom stereocenters. The second kappa shape index (κ2) is 8.93. The standard InChI is InChI=1S/C23H22O10/c1-10(25)32-15-7-6-13-18(27)14(11-2-4-12(26)5-3-11)9-31-22(13)17(15)23-21(30)20(29)19(28)16(8-24)33-23/h2-7,9,16,19-21,23-24,26,28-30H,8H2,1H3/t16-,19-,20+,21-,23+/m1/s1. The number of aliphatic hydroxyl groups is 4. The van der Waals surface area contributed by atoms with Crippen molar-refractivity contribution in [2.45, 2.75) is 37.4 Å². The van der Waals surface area contributed by atoms with Gasteiger partial charge in [0, 0.05) is 6.92 Å². The first kappa shape index (κ1) is 22.9. The number of esters is 1. The summed E-state index contributed by atoms with van der Waals surface area (Å²) in [6.45, 7) is 0.495. The molecule has 0 spiro atoms. The number of benzene rings is 2. The minimum absolute atomic E-state index is 0.0276. The largest absolute Gasteiger partial charge is 0.508 e. The molecule has 0 amide bonds. The summed E-state index contributed by atoms with van der Waals surface area (Å²) >= 11 is 0. The molecule has 174 valence electrons. The van der Waals surface area contributed by atoms with Gasteiger partial charge in [-0.1, -0.05) is 12.1 Å². The number of phenols is 1. The Morgan fingerprint density at radius 2 is 1.73 bits per heavy atom. The minimum Gasteiger partial charge on any atom is -0.508 e. The fraction of sp³-hybridized carbons (Fsp3) is 0.304. The minimum atomic E-state index is -1.69. The van der Waals surface area contributed by atoms with Crippen LogP contribution < -0.4 is 10.2 Å². The van der Waals surface area contributed by atoms with E-state index in [1.165, 1.54) is 30.5 Å². The molecule has 0 unspecified atom stereocenters. The van der Waals surface area contributed by atoms with Gasteiger partial charge in [-0.2, -0.15) is 0 Å². The van der Waals surface area contributed by atoms with Gasteiger partial charge in [0.15, 0.2) is 0 Å². The van der Waals surface area contributed by atoms with E-state index < -0.39 is 48.5 Å². The fourth-order valence-electron chi connectivity index (χ4n) is 3.90. The molecule has 0 radical (unpaired) electrons. The maximum atomic E-state index is 13.2. The molecule has 3 aromatic rings. The first-order valence-corrected chi connectivity index (χ1v) is 10.1. The monoisotopic (exact) mass is 458 g/mol. The van der Waals surface area contributed by atoms with Crippen molar-refractivity contribution in [1.82, 2.24) is 0 Å². The summed E-state index contributed by atoms with van der Waals surface area (Å²) < 4.78 is 16.6. The van der Waals surface area contributed by atoms with Crippen molar-refractivity contribution in [3.05, 3.63) is 58.4 Å². The molecule has 1 aliphatic rings. The predicted molar refractivity (Wildman–Crippen MR) is 114 cm³/mol. The second-order valence-electron chi connectivity index (χ2n) is 7.72. The van der Waals surface area contributed by atoms with Crippen LogP contribution in [-0.2, 0) is 9.53 Å². The van der Waals surface area contributed by atoms with E-state index in [4.69, 9.17) is 13.9 Å². The van der Waals surface area contributed by atoms with E-state index in [1.807, 2.05) is 0 Å². The number of carbonyl (C=O) groups excluding carboxylic acids is 1. The molecule has 1 saturated heterocycles. The number of rotatable bonds is 4. The highest BCUT2D eigenvalue weighted by Gasteiger charge is 2.46. The Morgan fingerprint density at radius 1 is 1.03 bits per heavy atom. The first-order valence-electron chi connectivity index (χ1n) is 10.1. The third-order valence-electron chi connectivity index (χ3n) is 5.55. The van der Waals surface area contributed by atoms with Crippen LogP contribution in [-0.4, -0.2) is 62.5 Å². The molecule has 0 bridgehead atoms. The van der Waals surface area contributed by atoms with E-state index in [0.29, 0.717) is 5.56 Å². The quantitative estimate of drug-likeness (QED) is 0.276. The number of aliphatic hydroxyl groups excluding tert-OH is 4. The lowest BCUT2D eigenvalue weighted by atomic mass is 9.89. The fourth-order valence-corrected chi connectivity index (χ4v) is 3.90. The molecule has 10 heteroatoms. The summed E-state index contributed by atoms with van der Waals surface area (Å²) in [7, 11) is 0. The lowest BCUT2D eigenvalue weighted by Crippen LogP contribution is -2.55. The molecule has 1 fully saturated rings. The van der Waals surface area contributed by atoms with Crippen LogP contribution in [0.15, 0.2) is 51.9 Å². The van der Waals surface area contributed by atoms with Crippen molar-refractivity contribution >= 4 is 16.9 Å². The Hall–Kier alpha value is -3.28. The summed E-state index contributed by atoms with van der Waals surface area (Å²) in [5.41, 5.74) is 0.145. The maximum absolute atomic E-state index is 13.2. The number of hydrogen-bond acceptors (Lipinski definition) is 10. The normalized spacial score (nSPS) is 25.2. The third kappa shape index (κ3) is 4.10. The van der Waals surface area contributed by atoms with Crippen molar-refractivity contribution in [3.63, 3.8) is 0 Å². The lowest BCUT2D eigenvalue weighted by molar-refractivity contribution is -0.231. The smallest absolute Gasteiger partial charge is 0.308 e. The molecular formula is C23H22O10. The second-order valence-corrected chi connectivity index (χ2v) is 7.72. The Labute approximate surface area is 186 Å². The summed E-state index contributed by atoms with van der Waals surface area (Å²) in [6, 6.07) is 8.64. The predicted octanol–water partition coefficient (Wildman–Crippen LogP) is 0.606. The highest BCUT2D eigenvalue weighted by Crippen LogP contribution is 2.41. The van der Waals surface area contributed by atoms with Crippen molar-refractivity contribution in [1.29, 1.82) is 0 Å². The highest BCUT2D eigenvalue weighted by molar-refractivity contribution is 5.87. The molecule has 5 N–H and O–H groups in total. The van der Waals surface area contributed by atoms with Gasteiger partial charge in [0.05, 0.1) is 23.1 Å². The van der Waals surface area contributed by atoms with Crippen molar-refractivity contribution in [3.8, 4) is 22.6 Å². The van der Waals surface area contributed by atoms with Crippen LogP contribution in [0, 0.1) is 0 Å². The van der Waals surface area contributed by atoms with Crippen LogP contribution in [0.4, 0.5) is 0 Å². The van der Waals surface area contributed by atoms with Gasteiger partial charge in [-0.05, 0) is 29.8 Å². The van der Waals surface area contributed by atoms with Crippen LogP contribution in [0.5, 0.6) is 11.5 Å². The maximum Gasteiger partial charge on any atom is 0.308 e. The van der Waals surface area contributed by atoms with Crippen LogP contribution >= 0.6 is 0 Å². The topological polar surface area (TPSA) is 167 Å². The van der Waals surface area contributed by atoms with Crippen molar-refractivity contribution in [2.75, 3.05) is 6.61 Å². The zero-order chi connectivity index (χ0) is 23.9. The van der Waals surface area contributed by atoms with Gasteiger partial charge in [0.25, 0.3) is 0 Å². The number of phenolic OH excluding ortho intramolecular Hbond substituents is 1. The third-order valence-corrected chi connectivity index (χ3v) is 5.55. The Kier molecular flexibility index (Phi) is 6.19. The van der Waals surface area contributed by atoms with Gasteiger partial charge < -0.3 is 39.4 Å². The van der Waals surface area contributed by atoms with Gasteiger partial charge in [-0.25, -0.2) is 0 Å². The highest BCUT2D eigenvalue weighted by atomic mass is 16.6. The van der Waals surface area contributed by atoms with E-state index in [0.717, 1.165) is 6.92 Å². The van der Waals surface area contributed by atoms with Gasteiger partial charge in [0.1, 0.15) is 53.9 Å². The summed E-state index contributed by atoms with van der Waals surface area (Å²) in [5, 5.41) is 50.1. The average molecular weight is 458 g/mol. The van der Waals surface area contributed by atoms with Crippen LogP contribution in [0.1, 0.15) is 18.6 Å². The number of hydrogen-bond donors (Lipinski definition) is 5. The van der Waals surface area contributed by atoms with Gasteiger partial charge in [-0.3, -0.25) is 9.59 Å². The Morgan fingerprint density at radius 3 is 2.36 bits per heavy atom. The lowest BCUT2D eigenvalue weighted by Gasteiger charge is -2.40. The molecule has 2 heterocycles. The zero-order valence-electron chi connectivity index (χ0n) is 17.4. The number of fused-ring (bicyclic) bond motifs is 1. The molecule has 2 aromatic carbocycles. The molecular weight excluding hydrogens is 436 g/mol. The van der Waals surface area contributed by atoms with Gasteiger partial charge in [-0.15, -0.1) is 0 Å². The summed E-state index contributed by atoms with van der Waals surface area (Å²) in [5.74, 6) is -0.747. The van der Waals surface area contributed by atoms with E-state index in [2.05, 4.69) is 0 Å². The molecule has 0 saturated carbocycles. The first-order chi connectivity index (χ1) is 15.7. The molecule has 1 aliphatic heterocycles. The summed E-state index contributed by atoms with van der Waals surface area (Å²) in [4.78, 5) is 24.9. The van der Waals surface area contributed by atoms with E-state index in [9.17, 15) is 35.1 Å². The van der Waals surface area contributed by atoms with Gasteiger partial charge >= 0.3 is 5.97 Å². The molecule has 0 aliphatic carbocycles.